The van der Waals surface area contributed by atoms with Crippen molar-refractivity contribution in [2.75, 3.05) is 20.4 Å². The smallest absolute Gasteiger partial charge is 0.444 e. The Labute approximate surface area is 147 Å². The zero-order valence-electron chi connectivity index (χ0n) is 13.8. The number of ether oxygens (including phenoxy) is 1. The molecule has 0 saturated carbocycles. The molecule has 0 fully saturated rings. The highest BCUT2D eigenvalue weighted by molar-refractivity contribution is 8.13. The van der Waals surface area contributed by atoms with Gasteiger partial charge in [-0.1, -0.05) is 35.5 Å². The third kappa shape index (κ3) is 6.20. The van der Waals surface area contributed by atoms with Crippen molar-refractivity contribution >= 4 is 40.2 Å². The third-order valence-electron chi connectivity index (χ3n) is 2.74. The van der Waals surface area contributed by atoms with E-state index in [1.165, 1.54) is 25.9 Å². The molecule has 1 atom stereocenters. The van der Waals surface area contributed by atoms with Gasteiger partial charge in [0.15, 0.2) is 0 Å². The Balaban J connectivity index is 2.55. The predicted molar refractivity (Wildman–Crippen MR) is 93.4 cm³/mol. The van der Waals surface area contributed by atoms with Crippen molar-refractivity contribution in [3.8, 4) is 0 Å². The standard InChI is InChI=1S/C14H19N3O5S2/c1-11(23-4)15-22-14(19)17(3)24(20)16(2)13(18)21-10-12-8-6-5-7-9-12/h5-9H,10H2,1-4H3. The van der Waals surface area contributed by atoms with E-state index in [1.807, 2.05) is 18.2 Å². The van der Waals surface area contributed by atoms with Crippen LogP contribution in [0.3, 0.4) is 0 Å². The van der Waals surface area contributed by atoms with Gasteiger partial charge in [0.05, 0.1) is 0 Å². The molecule has 0 spiro atoms. The summed E-state index contributed by atoms with van der Waals surface area (Å²) in [4.78, 5) is 28.2. The number of rotatable bonds is 5. The lowest BCUT2D eigenvalue weighted by atomic mass is 10.2. The molecule has 132 valence electrons. The summed E-state index contributed by atoms with van der Waals surface area (Å²) in [6.45, 7) is 1.69. The summed E-state index contributed by atoms with van der Waals surface area (Å²) in [5, 5.41) is 4.07. The monoisotopic (exact) mass is 373 g/mol. The number of hydrogen-bond acceptors (Lipinski definition) is 7. The van der Waals surface area contributed by atoms with Crippen LogP contribution in [0.1, 0.15) is 12.5 Å². The Morgan fingerprint density at radius 3 is 2.33 bits per heavy atom. The lowest BCUT2D eigenvalue weighted by Gasteiger charge is -2.21. The summed E-state index contributed by atoms with van der Waals surface area (Å²) < 4.78 is 18.7. The minimum absolute atomic E-state index is 0.0343. The van der Waals surface area contributed by atoms with E-state index in [1.54, 1.807) is 25.3 Å². The molecule has 1 aromatic rings. The molecule has 0 heterocycles. The van der Waals surface area contributed by atoms with Crippen molar-refractivity contribution < 1.29 is 23.4 Å². The van der Waals surface area contributed by atoms with Crippen LogP contribution in [0.5, 0.6) is 0 Å². The second-order valence-corrected chi connectivity index (χ2v) is 6.99. The van der Waals surface area contributed by atoms with E-state index in [4.69, 9.17) is 4.74 Å². The normalized spacial score (nSPS) is 12.2. The zero-order valence-corrected chi connectivity index (χ0v) is 15.4. The molecule has 0 aliphatic carbocycles. The number of nitrogens with zero attached hydrogens (tertiary/aromatic N) is 3. The fourth-order valence-electron chi connectivity index (χ4n) is 1.32. The topological polar surface area (TPSA) is 88.5 Å². The van der Waals surface area contributed by atoms with Gasteiger partial charge in [-0.05, 0) is 18.7 Å². The van der Waals surface area contributed by atoms with Crippen LogP contribution >= 0.6 is 11.8 Å². The van der Waals surface area contributed by atoms with E-state index < -0.39 is 23.4 Å². The minimum atomic E-state index is -2.10. The minimum Gasteiger partial charge on any atom is -0.444 e. The summed E-state index contributed by atoms with van der Waals surface area (Å²) in [6, 6.07) is 9.05. The van der Waals surface area contributed by atoms with Crippen molar-refractivity contribution in [1.29, 1.82) is 0 Å². The first-order valence-electron chi connectivity index (χ1n) is 6.76. The van der Waals surface area contributed by atoms with Crippen LogP contribution in [0.4, 0.5) is 9.59 Å². The van der Waals surface area contributed by atoms with E-state index >= 15 is 0 Å². The average Bonchev–Trinajstić information content (AvgIpc) is 2.62. The highest BCUT2D eigenvalue weighted by atomic mass is 32.2. The van der Waals surface area contributed by atoms with Crippen LogP contribution in [0, 0.1) is 0 Å². The average molecular weight is 373 g/mol. The van der Waals surface area contributed by atoms with Gasteiger partial charge in [-0.2, -0.15) is 0 Å². The number of carbonyl (C=O) groups excluding carboxylic acids is 2. The van der Waals surface area contributed by atoms with E-state index in [0.29, 0.717) is 5.04 Å². The summed E-state index contributed by atoms with van der Waals surface area (Å²) in [6.07, 6.45) is -0.0181. The first kappa shape index (κ1) is 20.0. The van der Waals surface area contributed by atoms with Crippen molar-refractivity contribution in [2.45, 2.75) is 13.5 Å². The van der Waals surface area contributed by atoms with Gasteiger partial charge in [-0.3, -0.25) is 4.84 Å². The van der Waals surface area contributed by atoms with Gasteiger partial charge in [-0.25, -0.2) is 22.4 Å². The largest absolute Gasteiger partial charge is 0.449 e. The van der Waals surface area contributed by atoms with Crippen LogP contribution in [-0.2, 0) is 27.4 Å². The van der Waals surface area contributed by atoms with Gasteiger partial charge < -0.3 is 4.74 Å². The summed E-state index contributed by atoms with van der Waals surface area (Å²) in [5.74, 6) is 0. The van der Waals surface area contributed by atoms with Gasteiger partial charge >= 0.3 is 12.2 Å². The highest BCUT2D eigenvalue weighted by Gasteiger charge is 2.26. The molecule has 0 aromatic heterocycles. The molecule has 10 heteroatoms. The molecule has 0 saturated heterocycles. The molecule has 0 aliphatic heterocycles. The van der Waals surface area contributed by atoms with Crippen LogP contribution < -0.4 is 0 Å². The lowest BCUT2D eigenvalue weighted by Crippen LogP contribution is -2.40. The van der Waals surface area contributed by atoms with Gasteiger partial charge in [0, 0.05) is 14.1 Å². The molecule has 8 nitrogen and oxygen atoms in total. The highest BCUT2D eigenvalue weighted by Crippen LogP contribution is 2.07. The number of benzene rings is 1. The number of amides is 2. The molecule has 2 amide bonds. The maximum atomic E-state index is 12.2. The molecule has 24 heavy (non-hydrogen) atoms. The first-order valence-corrected chi connectivity index (χ1v) is 9.05. The lowest BCUT2D eigenvalue weighted by molar-refractivity contribution is 0.121. The summed E-state index contributed by atoms with van der Waals surface area (Å²) in [5.41, 5.74) is 0.791. The quantitative estimate of drug-likeness (QED) is 0.341. The molecule has 1 aromatic carbocycles. The summed E-state index contributed by atoms with van der Waals surface area (Å²) >= 11 is -0.806. The van der Waals surface area contributed by atoms with Gasteiger partial charge in [0.1, 0.15) is 11.7 Å². The van der Waals surface area contributed by atoms with Crippen LogP contribution in [0.25, 0.3) is 0 Å². The number of hydrogen-bond donors (Lipinski definition) is 0. The van der Waals surface area contributed by atoms with Crippen molar-refractivity contribution in [2.24, 2.45) is 5.16 Å². The summed E-state index contributed by atoms with van der Waals surface area (Å²) in [7, 11) is 2.48. The van der Waals surface area contributed by atoms with Crippen molar-refractivity contribution in [3.05, 3.63) is 35.9 Å². The predicted octanol–water partition coefficient (Wildman–Crippen LogP) is 2.60. The number of thioether (sulfide) groups is 1. The van der Waals surface area contributed by atoms with E-state index in [2.05, 4.69) is 9.99 Å². The van der Waals surface area contributed by atoms with Crippen LogP contribution in [0.2, 0.25) is 0 Å². The van der Waals surface area contributed by atoms with Crippen molar-refractivity contribution in [3.63, 3.8) is 0 Å². The van der Waals surface area contributed by atoms with Gasteiger partial charge in [-0.15, -0.1) is 11.8 Å². The van der Waals surface area contributed by atoms with E-state index in [-0.39, 0.29) is 6.61 Å². The fraction of sp³-hybridized carbons (Fsp3) is 0.357. The Morgan fingerprint density at radius 1 is 1.17 bits per heavy atom. The molecule has 0 bridgehead atoms. The second-order valence-electron chi connectivity index (χ2n) is 4.44. The number of oxime groups is 1. The molecule has 1 rings (SSSR count). The Bertz CT molecular complexity index is 624. The maximum absolute atomic E-state index is 12.2. The van der Waals surface area contributed by atoms with Gasteiger partial charge in [0.25, 0.3) is 0 Å². The molecular weight excluding hydrogens is 354 g/mol. The number of carbonyl (C=O) groups is 2. The van der Waals surface area contributed by atoms with Gasteiger partial charge in [0.2, 0.25) is 11.2 Å². The first-order chi connectivity index (χ1) is 11.4. The van der Waals surface area contributed by atoms with Crippen LogP contribution in [-0.4, -0.2) is 50.4 Å². The maximum Gasteiger partial charge on any atom is 0.449 e. The second kappa shape index (κ2) is 9.93. The molecule has 0 radical (unpaired) electrons. The van der Waals surface area contributed by atoms with E-state index in [0.717, 1.165) is 14.2 Å². The molecule has 0 N–H and O–H groups in total. The fourth-order valence-corrected chi connectivity index (χ4v) is 2.14. The molecule has 1 unspecified atom stereocenters. The molecular formula is C14H19N3O5S2. The Hall–Kier alpha value is -2.07. The van der Waals surface area contributed by atoms with E-state index in [9.17, 15) is 13.8 Å². The third-order valence-corrected chi connectivity index (χ3v) is 4.64. The SMILES string of the molecule is CSC(C)=NOC(=O)N(C)S(=O)N(C)C(=O)OCc1ccccc1. The van der Waals surface area contributed by atoms with Crippen LogP contribution in [0.15, 0.2) is 35.5 Å². The zero-order chi connectivity index (χ0) is 18.1. The molecule has 0 aliphatic rings. The Morgan fingerprint density at radius 2 is 1.75 bits per heavy atom. The Kier molecular flexibility index (Phi) is 8.27. The van der Waals surface area contributed by atoms with Crippen molar-refractivity contribution in [1.82, 2.24) is 8.61 Å².